The van der Waals surface area contributed by atoms with Gasteiger partial charge in [0.15, 0.2) is 0 Å². The molecule has 1 N–H and O–H groups in total. The van der Waals surface area contributed by atoms with Crippen LogP contribution in [0, 0.1) is 0 Å². The average Bonchev–Trinajstić information content (AvgIpc) is 2.38. The monoisotopic (exact) mass is 248 g/mol. The van der Waals surface area contributed by atoms with Crippen LogP contribution >= 0.6 is 0 Å². The number of nitrogens with one attached hydrogen (secondary N) is 1. The Kier molecular flexibility index (Phi) is 4.20. The lowest BCUT2D eigenvalue weighted by Crippen LogP contribution is -2.39. The van der Waals surface area contributed by atoms with Crippen LogP contribution in [0.2, 0.25) is 0 Å². The zero-order valence-corrected chi connectivity index (χ0v) is 11.0. The first-order chi connectivity index (χ1) is 8.72. The molecule has 0 bridgehead atoms. The molecule has 1 aromatic rings. The minimum Gasteiger partial charge on any atom is -0.497 e. The number of benzene rings is 1. The van der Waals surface area contributed by atoms with Gasteiger partial charge >= 0.3 is 0 Å². The molecule has 0 atom stereocenters. The molecule has 98 valence electrons. The first-order valence-electron chi connectivity index (χ1n) is 6.37. The fourth-order valence-corrected chi connectivity index (χ4v) is 2.31. The zero-order chi connectivity index (χ0) is 13.0. The van der Waals surface area contributed by atoms with Crippen LogP contribution in [0.5, 0.6) is 5.75 Å². The molecule has 1 heterocycles. The van der Waals surface area contributed by atoms with Crippen molar-refractivity contribution in [3.63, 3.8) is 0 Å². The number of rotatable bonds is 4. The topological polar surface area (TPSA) is 41.6 Å². The van der Waals surface area contributed by atoms with Gasteiger partial charge in [-0.05, 0) is 36.6 Å². The van der Waals surface area contributed by atoms with Crippen molar-refractivity contribution in [2.24, 2.45) is 0 Å². The van der Waals surface area contributed by atoms with E-state index < -0.39 is 0 Å². The van der Waals surface area contributed by atoms with E-state index in [1.807, 2.05) is 13.0 Å². The van der Waals surface area contributed by atoms with Gasteiger partial charge in [0.1, 0.15) is 5.75 Å². The quantitative estimate of drug-likeness (QED) is 0.870. The second-order valence-corrected chi connectivity index (χ2v) is 4.55. The molecule has 0 unspecified atom stereocenters. The van der Waals surface area contributed by atoms with E-state index in [0.29, 0.717) is 13.1 Å². The Bertz CT molecular complexity index is 432. The van der Waals surface area contributed by atoms with Crippen molar-refractivity contribution in [3.05, 3.63) is 29.3 Å². The third kappa shape index (κ3) is 3.01. The highest BCUT2D eigenvalue weighted by Crippen LogP contribution is 2.23. The van der Waals surface area contributed by atoms with Gasteiger partial charge in [0.05, 0.1) is 13.7 Å². The number of carbonyl (C=O) groups excluding carboxylic acids is 1. The summed E-state index contributed by atoms with van der Waals surface area (Å²) in [4.78, 5) is 13.7. The van der Waals surface area contributed by atoms with Gasteiger partial charge in [-0.15, -0.1) is 0 Å². The fourth-order valence-electron chi connectivity index (χ4n) is 2.31. The minimum atomic E-state index is 0.101. The number of ether oxygens (including phenoxy) is 1. The van der Waals surface area contributed by atoms with Crippen LogP contribution < -0.4 is 10.1 Å². The Morgan fingerprint density at radius 1 is 1.44 bits per heavy atom. The summed E-state index contributed by atoms with van der Waals surface area (Å²) < 4.78 is 5.24. The highest BCUT2D eigenvalue weighted by atomic mass is 16.5. The highest BCUT2D eigenvalue weighted by molar-refractivity contribution is 5.77. The van der Waals surface area contributed by atoms with Gasteiger partial charge < -0.3 is 10.1 Å². The summed E-state index contributed by atoms with van der Waals surface area (Å²) >= 11 is 0. The summed E-state index contributed by atoms with van der Waals surface area (Å²) in [6.45, 7) is 4.87. The highest BCUT2D eigenvalue weighted by Gasteiger charge is 2.18. The Morgan fingerprint density at radius 3 is 3.00 bits per heavy atom. The van der Waals surface area contributed by atoms with Crippen LogP contribution in [-0.4, -0.2) is 37.6 Å². The van der Waals surface area contributed by atoms with E-state index in [0.717, 1.165) is 25.3 Å². The molecule has 2 rings (SSSR count). The second kappa shape index (κ2) is 5.87. The van der Waals surface area contributed by atoms with E-state index in [-0.39, 0.29) is 5.91 Å². The fraction of sp³-hybridized carbons (Fsp3) is 0.500. The van der Waals surface area contributed by atoms with Gasteiger partial charge in [0.2, 0.25) is 5.91 Å². The van der Waals surface area contributed by atoms with E-state index in [4.69, 9.17) is 4.74 Å². The van der Waals surface area contributed by atoms with Crippen molar-refractivity contribution in [2.45, 2.75) is 19.9 Å². The Morgan fingerprint density at radius 2 is 2.28 bits per heavy atom. The van der Waals surface area contributed by atoms with Crippen LogP contribution in [-0.2, 0) is 17.8 Å². The molecule has 1 aliphatic rings. The summed E-state index contributed by atoms with van der Waals surface area (Å²) in [7, 11) is 1.68. The van der Waals surface area contributed by atoms with Gasteiger partial charge in [-0.1, -0.05) is 6.07 Å². The number of amides is 1. The molecular weight excluding hydrogens is 228 g/mol. The zero-order valence-electron chi connectivity index (χ0n) is 11.0. The van der Waals surface area contributed by atoms with Gasteiger partial charge in [-0.25, -0.2) is 0 Å². The van der Waals surface area contributed by atoms with Crippen molar-refractivity contribution in [1.29, 1.82) is 0 Å². The van der Waals surface area contributed by atoms with Crippen molar-refractivity contribution >= 4 is 5.91 Å². The molecule has 0 radical (unpaired) electrons. The maximum atomic E-state index is 11.6. The molecule has 0 saturated heterocycles. The maximum Gasteiger partial charge on any atom is 0.234 e. The number of methoxy groups -OCH3 is 1. The van der Waals surface area contributed by atoms with E-state index >= 15 is 0 Å². The molecule has 1 amide bonds. The number of hydrogen-bond acceptors (Lipinski definition) is 3. The Balaban J connectivity index is 2.02. The predicted octanol–water partition coefficient (Wildman–Crippen LogP) is 1.19. The van der Waals surface area contributed by atoms with Crippen LogP contribution in [0.3, 0.4) is 0 Å². The van der Waals surface area contributed by atoms with E-state index in [1.54, 1.807) is 7.11 Å². The number of fused-ring (bicyclic) bond motifs is 1. The van der Waals surface area contributed by atoms with Crippen LogP contribution in [0.1, 0.15) is 18.1 Å². The lowest BCUT2D eigenvalue weighted by atomic mass is 9.99. The first kappa shape index (κ1) is 12.9. The summed E-state index contributed by atoms with van der Waals surface area (Å²) in [5.41, 5.74) is 2.63. The summed E-state index contributed by atoms with van der Waals surface area (Å²) in [6.07, 6.45) is 0.999. The molecule has 1 aromatic carbocycles. The normalized spacial score (nSPS) is 15.0. The number of likely N-dealkylation sites (N-methyl/N-ethyl adjacent to an activating group) is 1. The largest absolute Gasteiger partial charge is 0.497 e. The van der Waals surface area contributed by atoms with E-state index in [2.05, 4.69) is 22.3 Å². The van der Waals surface area contributed by atoms with Crippen LogP contribution in [0.15, 0.2) is 18.2 Å². The number of nitrogens with zero attached hydrogens (tertiary/aromatic N) is 1. The third-order valence-electron chi connectivity index (χ3n) is 3.25. The Hall–Kier alpha value is -1.55. The summed E-state index contributed by atoms with van der Waals surface area (Å²) in [5.74, 6) is 0.984. The first-order valence-corrected chi connectivity index (χ1v) is 6.37. The molecule has 0 saturated carbocycles. The lowest BCUT2D eigenvalue weighted by molar-refractivity contribution is -0.122. The number of carbonyl (C=O) groups is 1. The van der Waals surface area contributed by atoms with Crippen molar-refractivity contribution in [1.82, 2.24) is 10.2 Å². The van der Waals surface area contributed by atoms with Crippen molar-refractivity contribution in [2.75, 3.05) is 26.7 Å². The van der Waals surface area contributed by atoms with E-state index in [1.165, 1.54) is 11.1 Å². The molecule has 0 spiro atoms. The Labute approximate surface area is 108 Å². The molecule has 4 nitrogen and oxygen atoms in total. The van der Waals surface area contributed by atoms with Gasteiger partial charge in [0, 0.05) is 19.6 Å². The van der Waals surface area contributed by atoms with E-state index in [9.17, 15) is 4.79 Å². The second-order valence-electron chi connectivity index (χ2n) is 4.55. The lowest BCUT2D eigenvalue weighted by Gasteiger charge is -2.28. The predicted molar refractivity (Wildman–Crippen MR) is 70.7 cm³/mol. The smallest absolute Gasteiger partial charge is 0.234 e. The van der Waals surface area contributed by atoms with Crippen LogP contribution in [0.25, 0.3) is 0 Å². The number of hydrogen-bond donors (Lipinski definition) is 1. The molecular formula is C14H20N2O2. The van der Waals surface area contributed by atoms with Gasteiger partial charge in [0.25, 0.3) is 0 Å². The van der Waals surface area contributed by atoms with Gasteiger partial charge in [-0.2, -0.15) is 0 Å². The van der Waals surface area contributed by atoms with Crippen molar-refractivity contribution < 1.29 is 9.53 Å². The molecule has 18 heavy (non-hydrogen) atoms. The molecule has 4 heteroatoms. The molecule has 0 fully saturated rings. The summed E-state index contributed by atoms with van der Waals surface area (Å²) in [6, 6.07) is 6.19. The van der Waals surface area contributed by atoms with Crippen molar-refractivity contribution in [3.8, 4) is 5.75 Å². The SMILES string of the molecule is CCNC(=O)CN1CCc2ccc(OC)cc2C1. The molecule has 1 aliphatic heterocycles. The maximum absolute atomic E-state index is 11.6. The minimum absolute atomic E-state index is 0.101. The standard InChI is InChI=1S/C14H20N2O2/c1-3-15-14(17)10-16-7-6-11-4-5-13(18-2)8-12(11)9-16/h4-5,8H,3,6-7,9-10H2,1-2H3,(H,15,17). The van der Waals surface area contributed by atoms with Crippen LogP contribution in [0.4, 0.5) is 0 Å². The molecule has 0 aromatic heterocycles. The third-order valence-corrected chi connectivity index (χ3v) is 3.25. The van der Waals surface area contributed by atoms with Gasteiger partial charge in [-0.3, -0.25) is 9.69 Å². The summed E-state index contributed by atoms with van der Waals surface area (Å²) in [5, 5.41) is 2.83. The molecule has 0 aliphatic carbocycles. The average molecular weight is 248 g/mol.